The van der Waals surface area contributed by atoms with Crippen LogP contribution in [0.5, 0.6) is 0 Å². The number of carbonyl (C=O) groups is 1. The molecule has 0 unspecified atom stereocenters. The summed E-state index contributed by atoms with van der Waals surface area (Å²) < 4.78 is 0. The molecule has 0 aromatic carbocycles. The summed E-state index contributed by atoms with van der Waals surface area (Å²) >= 11 is 7.02. The lowest BCUT2D eigenvalue weighted by Gasteiger charge is -2.14. The Bertz CT molecular complexity index is 601. The summed E-state index contributed by atoms with van der Waals surface area (Å²) in [4.78, 5) is 16.4. The lowest BCUT2D eigenvalue weighted by molar-refractivity contribution is 0.0691. The van der Waals surface area contributed by atoms with Gasteiger partial charge in [0.2, 0.25) is 0 Å². The third-order valence-corrected chi connectivity index (χ3v) is 3.54. The summed E-state index contributed by atoms with van der Waals surface area (Å²) in [6.07, 6.45) is 0. The fourth-order valence-electron chi connectivity index (χ4n) is 1.23. The average Bonchev–Trinajstić information content (AvgIpc) is 2.81. The molecular formula is C10H9ClN4O2S. The number of rotatable bonds is 3. The van der Waals surface area contributed by atoms with E-state index in [4.69, 9.17) is 16.7 Å². The zero-order valence-electron chi connectivity index (χ0n) is 9.59. The average molecular weight is 285 g/mol. The molecule has 0 atom stereocenters. The van der Waals surface area contributed by atoms with Crippen molar-refractivity contribution in [3.05, 3.63) is 27.9 Å². The highest BCUT2D eigenvalue weighted by Crippen LogP contribution is 2.26. The SMILES string of the molecule is Cc1cc(N(C)c2nc(C(=O)O)cs2)nnc1Cl. The first-order chi connectivity index (χ1) is 8.49. The van der Waals surface area contributed by atoms with E-state index in [0.29, 0.717) is 16.1 Å². The Hall–Kier alpha value is -1.73. The lowest BCUT2D eigenvalue weighted by Crippen LogP contribution is -2.12. The number of anilines is 2. The van der Waals surface area contributed by atoms with E-state index in [1.54, 1.807) is 18.0 Å². The van der Waals surface area contributed by atoms with Crippen LogP contribution >= 0.6 is 22.9 Å². The van der Waals surface area contributed by atoms with E-state index in [9.17, 15) is 4.79 Å². The highest BCUT2D eigenvalue weighted by molar-refractivity contribution is 7.14. The van der Waals surface area contributed by atoms with Crippen LogP contribution in [0, 0.1) is 6.92 Å². The van der Waals surface area contributed by atoms with Crippen LogP contribution in [0.15, 0.2) is 11.4 Å². The van der Waals surface area contributed by atoms with Gasteiger partial charge in [-0.05, 0) is 18.6 Å². The quantitative estimate of drug-likeness (QED) is 0.932. The topological polar surface area (TPSA) is 79.2 Å². The van der Waals surface area contributed by atoms with Crippen molar-refractivity contribution in [1.29, 1.82) is 0 Å². The Balaban J connectivity index is 2.31. The molecule has 2 aromatic heterocycles. The molecule has 0 bridgehead atoms. The van der Waals surface area contributed by atoms with Gasteiger partial charge in [-0.15, -0.1) is 21.5 Å². The van der Waals surface area contributed by atoms with Crippen LogP contribution in [0.2, 0.25) is 5.15 Å². The highest BCUT2D eigenvalue weighted by atomic mass is 35.5. The minimum Gasteiger partial charge on any atom is -0.476 e. The molecule has 0 fully saturated rings. The number of hydrogen-bond acceptors (Lipinski definition) is 6. The first-order valence-corrected chi connectivity index (χ1v) is 6.17. The Labute approximate surface area is 112 Å². The predicted molar refractivity (Wildman–Crippen MR) is 68.9 cm³/mol. The van der Waals surface area contributed by atoms with Gasteiger partial charge in [0.1, 0.15) is 0 Å². The first-order valence-electron chi connectivity index (χ1n) is 4.91. The van der Waals surface area contributed by atoms with E-state index >= 15 is 0 Å². The minimum atomic E-state index is -1.05. The third kappa shape index (κ3) is 2.41. The molecule has 8 heteroatoms. The number of aromatic carboxylic acids is 1. The van der Waals surface area contributed by atoms with Crippen molar-refractivity contribution in [1.82, 2.24) is 15.2 Å². The van der Waals surface area contributed by atoms with Crippen molar-refractivity contribution in [2.75, 3.05) is 11.9 Å². The number of aryl methyl sites for hydroxylation is 1. The zero-order valence-corrected chi connectivity index (χ0v) is 11.2. The number of halogens is 1. The maximum Gasteiger partial charge on any atom is 0.355 e. The van der Waals surface area contributed by atoms with Crippen LogP contribution in [0.1, 0.15) is 16.1 Å². The second kappa shape index (κ2) is 4.87. The third-order valence-electron chi connectivity index (χ3n) is 2.25. The fraction of sp³-hybridized carbons (Fsp3) is 0.200. The van der Waals surface area contributed by atoms with Crippen LogP contribution < -0.4 is 4.90 Å². The summed E-state index contributed by atoms with van der Waals surface area (Å²) in [5, 5.41) is 18.9. The first kappa shape index (κ1) is 12.7. The molecule has 0 saturated carbocycles. The predicted octanol–water partition coefficient (Wildman–Crippen LogP) is 2.36. The van der Waals surface area contributed by atoms with Crippen molar-refractivity contribution in [3.8, 4) is 0 Å². The molecule has 0 radical (unpaired) electrons. The van der Waals surface area contributed by atoms with Crippen LogP contribution in [0.3, 0.4) is 0 Å². The molecular weight excluding hydrogens is 276 g/mol. The lowest BCUT2D eigenvalue weighted by atomic mass is 10.3. The number of aromatic nitrogens is 3. The summed E-state index contributed by atoms with van der Waals surface area (Å²) in [6, 6.07) is 1.76. The van der Waals surface area contributed by atoms with Gasteiger partial charge in [-0.1, -0.05) is 11.6 Å². The van der Waals surface area contributed by atoms with Crippen LogP contribution in [0.4, 0.5) is 10.9 Å². The molecule has 0 aliphatic carbocycles. The number of hydrogen-bond donors (Lipinski definition) is 1. The molecule has 18 heavy (non-hydrogen) atoms. The van der Waals surface area contributed by atoms with Gasteiger partial charge in [0.25, 0.3) is 0 Å². The standard InChI is InChI=1S/C10H9ClN4O2S/c1-5-3-7(13-14-8(5)11)15(2)10-12-6(4-18-10)9(16)17/h3-4H,1-2H3,(H,16,17). The van der Waals surface area contributed by atoms with E-state index < -0.39 is 5.97 Å². The van der Waals surface area contributed by atoms with Gasteiger partial charge < -0.3 is 10.0 Å². The molecule has 0 spiro atoms. The van der Waals surface area contributed by atoms with Crippen molar-refractivity contribution in [2.45, 2.75) is 6.92 Å². The van der Waals surface area contributed by atoms with E-state index in [-0.39, 0.29) is 5.69 Å². The van der Waals surface area contributed by atoms with E-state index in [0.717, 1.165) is 5.56 Å². The number of nitrogens with zero attached hydrogens (tertiary/aromatic N) is 4. The minimum absolute atomic E-state index is 0.0143. The number of carboxylic acids is 1. The molecule has 0 aliphatic heterocycles. The van der Waals surface area contributed by atoms with Gasteiger partial charge in [0.05, 0.1) is 0 Å². The van der Waals surface area contributed by atoms with Gasteiger partial charge in [0.15, 0.2) is 21.8 Å². The van der Waals surface area contributed by atoms with Crippen molar-refractivity contribution >= 4 is 39.9 Å². The Kier molecular flexibility index (Phi) is 3.44. The van der Waals surface area contributed by atoms with Crippen LogP contribution in [-0.2, 0) is 0 Å². The smallest absolute Gasteiger partial charge is 0.355 e. The molecule has 6 nitrogen and oxygen atoms in total. The fourth-order valence-corrected chi connectivity index (χ4v) is 2.10. The zero-order chi connectivity index (χ0) is 13.3. The number of thiazole rings is 1. The Morgan fingerprint density at radius 2 is 2.22 bits per heavy atom. The molecule has 0 amide bonds. The second-order valence-corrected chi connectivity index (χ2v) is 4.75. The van der Waals surface area contributed by atoms with E-state index in [1.807, 2.05) is 6.92 Å². The second-order valence-electron chi connectivity index (χ2n) is 3.56. The van der Waals surface area contributed by atoms with Gasteiger partial charge >= 0.3 is 5.97 Å². The van der Waals surface area contributed by atoms with Crippen LogP contribution in [-0.4, -0.2) is 33.3 Å². The van der Waals surface area contributed by atoms with Gasteiger partial charge in [0, 0.05) is 12.4 Å². The molecule has 0 aliphatic rings. The number of carboxylic acid groups (broad SMARTS) is 1. The molecule has 2 aromatic rings. The van der Waals surface area contributed by atoms with Crippen LogP contribution in [0.25, 0.3) is 0 Å². The van der Waals surface area contributed by atoms with Gasteiger partial charge in [-0.3, -0.25) is 0 Å². The summed E-state index contributed by atoms with van der Waals surface area (Å²) in [5.74, 6) is -0.493. The molecule has 1 N–H and O–H groups in total. The molecule has 2 rings (SSSR count). The summed E-state index contributed by atoms with van der Waals surface area (Å²) in [5.41, 5.74) is 0.809. The van der Waals surface area contributed by atoms with Gasteiger partial charge in [-0.25, -0.2) is 9.78 Å². The van der Waals surface area contributed by atoms with Crippen molar-refractivity contribution < 1.29 is 9.90 Å². The summed E-state index contributed by atoms with van der Waals surface area (Å²) in [6.45, 7) is 1.82. The van der Waals surface area contributed by atoms with Crippen molar-refractivity contribution in [3.63, 3.8) is 0 Å². The largest absolute Gasteiger partial charge is 0.476 e. The van der Waals surface area contributed by atoms with Gasteiger partial charge in [-0.2, -0.15) is 0 Å². The maximum absolute atomic E-state index is 10.8. The summed E-state index contributed by atoms with van der Waals surface area (Å²) in [7, 11) is 1.74. The normalized spacial score (nSPS) is 10.4. The Morgan fingerprint density at radius 3 is 2.78 bits per heavy atom. The van der Waals surface area contributed by atoms with Crippen molar-refractivity contribution in [2.24, 2.45) is 0 Å². The molecule has 2 heterocycles. The monoisotopic (exact) mass is 284 g/mol. The molecule has 0 saturated heterocycles. The van der Waals surface area contributed by atoms with E-state index in [1.165, 1.54) is 16.7 Å². The van der Waals surface area contributed by atoms with E-state index in [2.05, 4.69) is 15.2 Å². The Morgan fingerprint density at radius 1 is 1.50 bits per heavy atom. The highest BCUT2D eigenvalue weighted by Gasteiger charge is 2.14. The maximum atomic E-state index is 10.8. The molecule has 94 valence electrons.